The monoisotopic (exact) mass is 505 g/mol. The molecule has 168 valence electrons. The van der Waals surface area contributed by atoms with E-state index in [-0.39, 0.29) is 11.3 Å². The van der Waals surface area contributed by atoms with Gasteiger partial charge in [-0.3, -0.25) is 14.5 Å². The molecule has 6 heteroatoms. The number of carbonyl (C=O) groups is 2. The zero-order chi connectivity index (χ0) is 23.7. The van der Waals surface area contributed by atoms with Gasteiger partial charge >= 0.3 is 0 Å². The molecule has 33 heavy (non-hydrogen) atoms. The highest BCUT2D eigenvalue weighted by Crippen LogP contribution is 2.42. The minimum Gasteiger partial charge on any atom is -0.507 e. The van der Waals surface area contributed by atoms with Crippen LogP contribution in [0, 0.1) is 0 Å². The van der Waals surface area contributed by atoms with Gasteiger partial charge in [0.25, 0.3) is 11.7 Å². The number of aliphatic hydroxyl groups is 1. The zero-order valence-corrected chi connectivity index (χ0v) is 20.2. The van der Waals surface area contributed by atoms with Crippen molar-refractivity contribution in [2.75, 3.05) is 12.0 Å². The average molecular weight is 506 g/mol. The van der Waals surface area contributed by atoms with E-state index in [4.69, 9.17) is 4.74 Å². The van der Waals surface area contributed by atoms with Gasteiger partial charge in [-0.25, -0.2) is 0 Å². The van der Waals surface area contributed by atoms with Crippen molar-refractivity contribution in [3.8, 4) is 5.75 Å². The Kier molecular flexibility index (Phi) is 6.38. The normalized spacial score (nSPS) is 17.6. The van der Waals surface area contributed by atoms with Gasteiger partial charge in [-0.1, -0.05) is 56.3 Å². The van der Waals surface area contributed by atoms with E-state index in [2.05, 4.69) is 29.8 Å². The van der Waals surface area contributed by atoms with Gasteiger partial charge < -0.3 is 9.84 Å². The van der Waals surface area contributed by atoms with Crippen LogP contribution in [0.15, 0.2) is 82.8 Å². The lowest BCUT2D eigenvalue weighted by Crippen LogP contribution is -2.29. The molecule has 1 N–H and O–H groups in total. The number of methoxy groups -OCH3 is 1. The summed E-state index contributed by atoms with van der Waals surface area (Å²) in [6.45, 7) is 4.19. The molecule has 0 radical (unpaired) electrons. The topological polar surface area (TPSA) is 66.8 Å². The fraction of sp³-hybridized carbons (Fsp3) is 0.185. The van der Waals surface area contributed by atoms with E-state index in [1.807, 2.05) is 54.6 Å². The van der Waals surface area contributed by atoms with Crippen LogP contribution in [-0.4, -0.2) is 23.9 Å². The maximum absolute atomic E-state index is 13.2. The largest absolute Gasteiger partial charge is 0.507 e. The number of hydrogen-bond acceptors (Lipinski definition) is 4. The van der Waals surface area contributed by atoms with Crippen LogP contribution >= 0.6 is 15.9 Å². The summed E-state index contributed by atoms with van der Waals surface area (Å²) >= 11 is 3.42. The number of ketones is 1. The number of Topliss-reactive ketones (excluding diaryl/α,β-unsaturated/α-hetero) is 1. The SMILES string of the molecule is COc1ccc(/C(O)=C2/C(=O)C(=O)N(c3ccc(C(C)C)cc3)C2c2ccccc2)cc1Br. The molecule has 1 amide bonds. The van der Waals surface area contributed by atoms with Crippen LogP contribution in [0.25, 0.3) is 5.76 Å². The van der Waals surface area contributed by atoms with Crippen LogP contribution in [0.4, 0.5) is 5.69 Å². The van der Waals surface area contributed by atoms with Gasteiger partial charge in [-0.15, -0.1) is 0 Å². The number of aliphatic hydroxyl groups excluding tert-OH is 1. The van der Waals surface area contributed by atoms with Gasteiger partial charge in [0.15, 0.2) is 0 Å². The van der Waals surface area contributed by atoms with Crippen molar-refractivity contribution in [2.45, 2.75) is 25.8 Å². The lowest BCUT2D eigenvalue weighted by Gasteiger charge is -2.25. The Morgan fingerprint density at radius 2 is 1.67 bits per heavy atom. The first kappa shape index (κ1) is 22.8. The highest BCUT2D eigenvalue weighted by Gasteiger charge is 2.46. The molecule has 4 rings (SSSR count). The van der Waals surface area contributed by atoms with Crippen molar-refractivity contribution in [1.82, 2.24) is 0 Å². The molecule has 0 bridgehead atoms. The Bertz CT molecular complexity index is 1230. The van der Waals surface area contributed by atoms with Crippen molar-refractivity contribution < 1.29 is 19.4 Å². The molecule has 1 unspecified atom stereocenters. The number of amides is 1. The highest BCUT2D eigenvalue weighted by molar-refractivity contribution is 9.10. The lowest BCUT2D eigenvalue weighted by atomic mass is 9.95. The quantitative estimate of drug-likeness (QED) is 0.254. The number of anilines is 1. The first-order valence-electron chi connectivity index (χ1n) is 10.6. The summed E-state index contributed by atoms with van der Waals surface area (Å²) < 4.78 is 5.89. The third kappa shape index (κ3) is 4.18. The summed E-state index contributed by atoms with van der Waals surface area (Å²) in [7, 11) is 1.55. The Labute approximate surface area is 201 Å². The molecule has 5 nitrogen and oxygen atoms in total. The maximum Gasteiger partial charge on any atom is 0.300 e. The van der Waals surface area contributed by atoms with E-state index in [1.54, 1.807) is 25.3 Å². The van der Waals surface area contributed by atoms with Gasteiger partial charge in [-0.05, 0) is 63.3 Å². The summed E-state index contributed by atoms with van der Waals surface area (Å²) in [6, 6.07) is 21.1. The number of carbonyl (C=O) groups excluding carboxylic acids is 2. The minimum atomic E-state index is -0.753. The molecule has 1 atom stereocenters. The van der Waals surface area contributed by atoms with E-state index in [0.29, 0.717) is 27.4 Å². The second-order valence-corrected chi connectivity index (χ2v) is 9.03. The van der Waals surface area contributed by atoms with Crippen LogP contribution < -0.4 is 9.64 Å². The molecule has 0 aromatic heterocycles. The van der Waals surface area contributed by atoms with Crippen LogP contribution in [-0.2, 0) is 9.59 Å². The molecule has 1 heterocycles. The molecule has 1 fully saturated rings. The molecule has 0 spiro atoms. The standard InChI is InChI=1S/C27H24BrNO4/c1-16(2)17-9-12-20(13-10-17)29-24(18-7-5-4-6-8-18)23(26(31)27(29)32)25(30)19-11-14-22(33-3)21(28)15-19/h4-16,24,30H,1-3H3/b25-23-. The summed E-state index contributed by atoms with van der Waals surface area (Å²) in [5.41, 5.74) is 2.94. The Balaban J connectivity index is 1.89. The van der Waals surface area contributed by atoms with Gasteiger partial charge in [-0.2, -0.15) is 0 Å². The van der Waals surface area contributed by atoms with Crippen LogP contribution in [0.3, 0.4) is 0 Å². The maximum atomic E-state index is 13.2. The van der Waals surface area contributed by atoms with Crippen LogP contribution in [0.5, 0.6) is 5.75 Å². The van der Waals surface area contributed by atoms with Crippen LogP contribution in [0.1, 0.15) is 42.5 Å². The summed E-state index contributed by atoms with van der Waals surface area (Å²) in [5.74, 6) is -0.687. The van der Waals surface area contributed by atoms with Crippen molar-refractivity contribution >= 4 is 39.1 Å². The minimum absolute atomic E-state index is 0.0520. The Morgan fingerprint density at radius 3 is 2.24 bits per heavy atom. The smallest absolute Gasteiger partial charge is 0.300 e. The van der Waals surface area contributed by atoms with Gasteiger partial charge in [0.2, 0.25) is 0 Å². The van der Waals surface area contributed by atoms with Gasteiger partial charge in [0, 0.05) is 11.3 Å². The van der Waals surface area contributed by atoms with Crippen LogP contribution in [0.2, 0.25) is 0 Å². The van der Waals surface area contributed by atoms with E-state index >= 15 is 0 Å². The van der Waals surface area contributed by atoms with Crippen molar-refractivity contribution in [3.05, 3.63) is 99.5 Å². The van der Waals surface area contributed by atoms with E-state index < -0.39 is 17.7 Å². The van der Waals surface area contributed by atoms with Gasteiger partial charge in [0.1, 0.15) is 11.5 Å². The number of rotatable bonds is 5. The number of benzene rings is 3. The highest BCUT2D eigenvalue weighted by atomic mass is 79.9. The van der Waals surface area contributed by atoms with E-state index in [1.165, 1.54) is 4.90 Å². The second kappa shape index (κ2) is 9.24. The summed E-state index contributed by atoms with van der Waals surface area (Å²) in [5, 5.41) is 11.2. The number of nitrogens with zero attached hydrogens (tertiary/aromatic N) is 1. The summed E-state index contributed by atoms with van der Waals surface area (Å²) in [4.78, 5) is 27.9. The first-order valence-corrected chi connectivity index (χ1v) is 11.4. The lowest BCUT2D eigenvalue weighted by molar-refractivity contribution is -0.132. The fourth-order valence-electron chi connectivity index (χ4n) is 4.04. The van der Waals surface area contributed by atoms with Gasteiger partial charge in [0.05, 0.1) is 23.2 Å². The molecule has 1 aliphatic rings. The third-order valence-electron chi connectivity index (χ3n) is 5.82. The molecule has 0 aliphatic carbocycles. The molecule has 1 saturated heterocycles. The predicted molar refractivity (Wildman–Crippen MR) is 132 cm³/mol. The fourth-order valence-corrected chi connectivity index (χ4v) is 4.58. The predicted octanol–water partition coefficient (Wildman–Crippen LogP) is 6.21. The zero-order valence-electron chi connectivity index (χ0n) is 18.6. The molecule has 3 aromatic carbocycles. The number of ether oxygens (including phenoxy) is 1. The summed E-state index contributed by atoms with van der Waals surface area (Å²) in [6.07, 6.45) is 0. The Hall–Kier alpha value is -3.38. The Morgan fingerprint density at radius 1 is 1.00 bits per heavy atom. The van der Waals surface area contributed by atoms with E-state index in [9.17, 15) is 14.7 Å². The molecule has 0 saturated carbocycles. The van der Waals surface area contributed by atoms with Crippen molar-refractivity contribution in [2.24, 2.45) is 0 Å². The number of hydrogen-bond donors (Lipinski definition) is 1. The van der Waals surface area contributed by atoms with Crippen molar-refractivity contribution in [1.29, 1.82) is 0 Å². The molecule has 3 aromatic rings. The third-order valence-corrected chi connectivity index (χ3v) is 6.44. The average Bonchev–Trinajstić information content (AvgIpc) is 3.09. The van der Waals surface area contributed by atoms with Crippen molar-refractivity contribution in [3.63, 3.8) is 0 Å². The molecular weight excluding hydrogens is 482 g/mol. The molecule has 1 aliphatic heterocycles. The molecular formula is C27H24BrNO4. The van der Waals surface area contributed by atoms with E-state index in [0.717, 1.165) is 11.1 Å². The first-order chi connectivity index (χ1) is 15.8. The number of halogens is 1. The second-order valence-electron chi connectivity index (χ2n) is 8.18.